The number of anilines is 1. The molecule has 0 fully saturated rings. The summed E-state index contributed by atoms with van der Waals surface area (Å²) in [5, 5.41) is 2.37. The van der Waals surface area contributed by atoms with E-state index in [1.807, 2.05) is 0 Å². The number of halogens is 3. The van der Waals surface area contributed by atoms with Gasteiger partial charge in [0.2, 0.25) is 11.8 Å². The summed E-state index contributed by atoms with van der Waals surface area (Å²) in [6.07, 6.45) is 0. The molecule has 8 heteroatoms. The lowest BCUT2D eigenvalue weighted by molar-refractivity contribution is 0.102. The number of aromatic nitrogens is 2. The fourth-order valence-corrected chi connectivity index (χ4v) is 1.54. The standard InChI is InChI=1S/C12H8ClF2N3O2/c1-20-10-5-9(13)16-12(17-10)18-11(19)6-2-3-7(14)8(15)4-6/h2-5H,1H3,(H,16,17,18,19). The van der Waals surface area contributed by atoms with Crippen LogP contribution in [0, 0.1) is 11.6 Å². The van der Waals surface area contributed by atoms with Gasteiger partial charge in [0.05, 0.1) is 7.11 Å². The van der Waals surface area contributed by atoms with Gasteiger partial charge in [-0.1, -0.05) is 11.6 Å². The molecule has 2 rings (SSSR count). The maximum absolute atomic E-state index is 13.0. The Labute approximate surface area is 117 Å². The van der Waals surface area contributed by atoms with Gasteiger partial charge in [-0.05, 0) is 18.2 Å². The normalized spacial score (nSPS) is 10.2. The van der Waals surface area contributed by atoms with Crippen molar-refractivity contribution in [3.05, 3.63) is 46.6 Å². The summed E-state index contributed by atoms with van der Waals surface area (Å²) in [4.78, 5) is 19.4. The summed E-state index contributed by atoms with van der Waals surface area (Å²) in [5.74, 6) is -2.81. The molecule has 0 atom stereocenters. The molecule has 0 saturated heterocycles. The molecule has 0 saturated carbocycles. The van der Waals surface area contributed by atoms with E-state index in [0.717, 1.165) is 18.2 Å². The lowest BCUT2D eigenvalue weighted by Gasteiger charge is -2.06. The smallest absolute Gasteiger partial charge is 0.258 e. The van der Waals surface area contributed by atoms with E-state index < -0.39 is 17.5 Å². The lowest BCUT2D eigenvalue weighted by atomic mass is 10.2. The third kappa shape index (κ3) is 3.18. The van der Waals surface area contributed by atoms with Gasteiger partial charge < -0.3 is 4.74 Å². The number of carbonyl (C=O) groups excluding carboxylic acids is 1. The molecule has 0 aliphatic heterocycles. The van der Waals surface area contributed by atoms with E-state index in [-0.39, 0.29) is 22.5 Å². The van der Waals surface area contributed by atoms with Crippen molar-refractivity contribution in [1.29, 1.82) is 0 Å². The molecular formula is C12H8ClF2N3O2. The van der Waals surface area contributed by atoms with E-state index in [4.69, 9.17) is 16.3 Å². The Morgan fingerprint density at radius 3 is 2.65 bits per heavy atom. The van der Waals surface area contributed by atoms with Gasteiger partial charge in [0.1, 0.15) is 5.15 Å². The Bertz CT molecular complexity index is 667. The van der Waals surface area contributed by atoms with Gasteiger partial charge in [-0.25, -0.2) is 13.8 Å². The van der Waals surface area contributed by atoms with Crippen molar-refractivity contribution >= 4 is 23.5 Å². The minimum Gasteiger partial charge on any atom is -0.481 e. The first-order valence-corrected chi connectivity index (χ1v) is 5.72. The van der Waals surface area contributed by atoms with E-state index in [1.165, 1.54) is 13.2 Å². The molecule has 1 aromatic carbocycles. The molecular weight excluding hydrogens is 292 g/mol. The van der Waals surface area contributed by atoms with Crippen molar-refractivity contribution in [1.82, 2.24) is 9.97 Å². The Hall–Kier alpha value is -2.28. The van der Waals surface area contributed by atoms with Crippen molar-refractivity contribution in [2.24, 2.45) is 0 Å². The summed E-state index contributed by atoms with van der Waals surface area (Å²) >= 11 is 5.71. The van der Waals surface area contributed by atoms with Crippen LogP contribution in [0.5, 0.6) is 5.88 Å². The van der Waals surface area contributed by atoms with E-state index >= 15 is 0 Å². The Kier molecular flexibility index (Phi) is 4.09. The first-order valence-electron chi connectivity index (χ1n) is 5.34. The van der Waals surface area contributed by atoms with E-state index in [0.29, 0.717) is 0 Å². The van der Waals surface area contributed by atoms with E-state index in [1.54, 1.807) is 0 Å². The third-order valence-electron chi connectivity index (χ3n) is 2.29. The minimum atomic E-state index is -1.12. The van der Waals surface area contributed by atoms with Crippen LogP contribution in [0.15, 0.2) is 24.3 Å². The highest BCUT2D eigenvalue weighted by molar-refractivity contribution is 6.29. The third-order valence-corrected chi connectivity index (χ3v) is 2.48. The van der Waals surface area contributed by atoms with Crippen LogP contribution in [0.25, 0.3) is 0 Å². The van der Waals surface area contributed by atoms with Crippen LogP contribution in [-0.2, 0) is 0 Å². The fraction of sp³-hybridized carbons (Fsp3) is 0.0833. The van der Waals surface area contributed by atoms with Gasteiger partial charge in [0.15, 0.2) is 11.6 Å². The Morgan fingerprint density at radius 2 is 2.00 bits per heavy atom. The van der Waals surface area contributed by atoms with Crippen LogP contribution in [0.3, 0.4) is 0 Å². The first kappa shape index (κ1) is 14.1. The highest BCUT2D eigenvalue weighted by atomic mass is 35.5. The van der Waals surface area contributed by atoms with Crippen LogP contribution in [0.2, 0.25) is 5.15 Å². The molecule has 1 aromatic heterocycles. The van der Waals surface area contributed by atoms with Crippen molar-refractivity contribution in [3.63, 3.8) is 0 Å². The zero-order chi connectivity index (χ0) is 14.7. The van der Waals surface area contributed by atoms with Gasteiger partial charge in [0.25, 0.3) is 5.91 Å². The fourth-order valence-electron chi connectivity index (χ4n) is 1.37. The molecule has 20 heavy (non-hydrogen) atoms. The number of rotatable bonds is 3. The maximum atomic E-state index is 13.0. The number of carbonyl (C=O) groups is 1. The quantitative estimate of drug-likeness (QED) is 0.885. The highest BCUT2D eigenvalue weighted by Gasteiger charge is 2.12. The molecule has 0 bridgehead atoms. The summed E-state index contributed by atoms with van der Waals surface area (Å²) in [6.45, 7) is 0. The molecule has 104 valence electrons. The van der Waals surface area contributed by atoms with E-state index in [2.05, 4.69) is 15.3 Å². The average Bonchev–Trinajstić information content (AvgIpc) is 2.41. The lowest BCUT2D eigenvalue weighted by Crippen LogP contribution is -2.15. The molecule has 0 unspecified atom stereocenters. The summed E-state index contributed by atoms with van der Waals surface area (Å²) < 4.78 is 30.7. The average molecular weight is 300 g/mol. The number of ether oxygens (including phenoxy) is 1. The summed E-state index contributed by atoms with van der Waals surface area (Å²) in [5.41, 5.74) is -0.0774. The van der Waals surface area contributed by atoms with Crippen molar-refractivity contribution < 1.29 is 18.3 Å². The number of amides is 1. The van der Waals surface area contributed by atoms with Gasteiger partial charge in [-0.3, -0.25) is 10.1 Å². The summed E-state index contributed by atoms with van der Waals surface area (Å²) in [7, 11) is 1.37. The molecule has 0 aliphatic carbocycles. The van der Waals surface area contributed by atoms with Gasteiger partial charge in [-0.2, -0.15) is 4.98 Å². The monoisotopic (exact) mass is 299 g/mol. The van der Waals surface area contributed by atoms with Crippen LogP contribution >= 0.6 is 11.6 Å². The number of hydrogen-bond acceptors (Lipinski definition) is 4. The zero-order valence-electron chi connectivity index (χ0n) is 10.2. The molecule has 1 heterocycles. The van der Waals surface area contributed by atoms with E-state index in [9.17, 15) is 13.6 Å². The molecule has 0 radical (unpaired) electrons. The maximum Gasteiger partial charge on any atom is 0.258 e. The second-order valence-corrected chi connectivity index (χ2v) is 4.03. The van der Waals surface area contributed by atoms with Crippen LogP contribution < -0.4 is 10.1 Å². The number of nitrogens with zero attached hydrogens (tertiary/aromatic N) is 2. The van der Waals surface area contributed by atoms with Crippen LogP contribution in [0.4, 0.5) is 14.7 Å². The van der Waals surface area contributed by atoms with Crippen molar-refractivity contribution in [3.8, 4) is 5.88 Å². The van der Waals surface area contributed by atoms with Gasteiger partial charge in [-0.15, -0.1) is 0 Å². The number of methoxy groups -OCH3 is 1. The molecule has 1 N–H and O–H groups in total. The predicted octanol–water partition coefficient (Wildman–Crippen LogP) is 2.67. The molecule has 0 aliphatic rings. The zero-order valence-corrected chi connectivity index (χ0v) is 10.9. The van der Waals surface area contributed by atoms with Gasteiger partial charge >= 0.3 is 0 Å². The van der Waals surface area contributed by atoms with Crippen LogP contribution in [0.1, 0.15) is 10.4 Å². The minimum absolute atomic E-state index is 0.0671. The Morgan fingerprint density at radius 1 is 1.25 bits per heavy atom. The molecule has 1 amide bonds. The first-order chi connectivity index (χ1) is 9.49. The van der Waals surface area contributed by atoms with Crippen LogP contribution in [-0.4, -0.2) is 23.0 Å². The molecule has 2 aromatic rings. The largest absolute Gasteiger partial charge is 0.481 e. The number of nitrogens with one attached hydrogen (secondary N) is 1. The molecule has 5 nitrogen and oxygen atoms in total. The number of hydrogen-bond donors (Lipinski definition) is 1. The SMILES string of the molecule is COc1cc(Cl)nc(NC(=O)c2ccc(F)c(F)c2)n1. The predicted molar refractivity (Wildman–Crippen MR) is 67.9 cm³/mol. The Balaban J connectivity index is 2.23. The summed E-state index contributed by atoms with van der Waals surface area (Å²) in [6, 6.07) is 4.11. The second-order valence-electron chi connectivity index (χ2n) is 3.64. The topological polar surface area (TPSA) is 64.1 Å². The number of benzene rings is 1. The van der Waals surface area contributed by atoms with Gasteiger partial charge in [0, 0.05) is 11.6 Å². The van der Waals surface area contributed by atoms with Crippen molar-refractivity contribution in [2.75, 3.05) is 12.4 Å². The van der Waals surface area contributed by atoms with Crippen molar-refractivity contribution in [2.45, 2.75) is 0 Å². The highest BCUT2D eigenvalue weighted by Crippen LogP contribution is 2.16. The second kappa shape index (κ2) is 5.79. The molecule has 0 spiro atoms.